The highest BCUT2D eigenvalue weighted by molar-refractivity contribution is 6.10. The first-order valence-corrected chi connectivity index (χ1v) is 15.6. The number of nitrogens with zero attached hydrogens (tertiary/aromatic N) is 1. The summed E-state index contributed by atoms with van der Waals surface area (Å²) in [5.41, 5.74) is -7.89. The summed E-state index contributed by atoms with van der Waals surface area (Å²) in [5, 5.41) is 5.45. The number of rotatable bonds is 10. The van der Waals surface area contributed by atoms with E-state index in [4.69, 9.17) is 9.47 Å². The summed E-state index contributed by atoms with van der Waals surface area (Å²) in [5.74, 6) is -4.53. The number of methoxy groups -OCH3 is 2. The van der Waals surface area contributed by atoms with Gasteiger partial charge in [0.05, 0.1) is 24.2 Å². The van der Waals surface area contributed by atoms with E-state index in [-0.39, 0.29) is 17.7 Å². The van der Waals surface area contributed by atoms with Gasteiger partial charge >= 0.3 is 12.4 Å². The van der Waals surface area contributed by atoms with E-state index in [0.717, 1.165) is 31.4 Å². The van der Waals surface area contributed by atoms with Crippen LogP contribution in [0.3, 0.4) is 0 Å². The number of nitrogens with one attached hydrogen (secondary N) is 2. The van der Waals surface area contributed by atoms with Crippen molar-refractivity contribution in [2.75, 3.05) is 26.1 Å². The molecule has 51 heavy (non-hydrogen) atoms. The number of para-hydroxylation sites is 1. The van der Waals surface area contributed by atoms with E-state index in [1.807, 2.05) is 0 Å². The van der Waals surface area contributed by atoms with E-state index >= 15 is 13.2 Å². The average molecular weight is 714 g/mol. The third-order valence-corrected chi connectivity index (χ3v) is 8.86. The van der Waals surface area contributed by atoms with Gasteiger partial charge in [-0.25, -0.2) is 0 Å². The summed E-state index contributed by atoms with van der Waals surface area (Å²) < 4.78 is 100.0. The summed E-state index contributed by atoms with van der Waals surface area (Å²) in [4.78, 5) is 42.8. The van der Waals surface area contributed by atoms with Gasteiger partial charge in [0, 0.05) is 31.0 Å². The SMILES string of the molecule is CO[C@@](C(=O)N[C@@H](Cc1ccccc1)[C@H]1CN(C(=O)[C@](OC)(c2ccccc2)C(F)(F)F)C(=O)c2ccccc2N1)(c1ccccc1)C(F)(F)F. The van der Waals surface area contributed by atoms with Crippen molar-refractivity contribution in [3.8, 4) is 0 Å². The molecule has 0 radical (unpaired) electrons. The fraction of sp³-hybridized carbons (Fsp3) is 0.270. The standard InChI is InChI=1S/C37H33F6N3O5/c1-50-34(36(38,39)40,25-16-8-4-9-17-25)32(48)45-29(22-24-14-6-3-7-15-24)30-23-46(31(47)27-20-12-13-21-28(27)44-30)33(49)35(51-2,37(41,42)43)26-18-10-5-11-19-26/h3-21,29-30,44H,22-23H2,1-2H3,(H,45,48)/t29-,30+,34+,35+/m0/s1. The van der Waals surface area contributed by atoms with E-state index in [2.05, 4.69) is 10.6 Å². The monoisotopic (exact) mass is 713 g/mol. The van der Waals surface area contributed by atoms with Crippen LogP contribution in [-0.2, 0) is 36.7 Å². The lowest BCUT2D eigenvalue weighted by atomic mass is 9.89. The molecule has 1 aliphatic heterocycles. The molecule has 4 aromatic rings. The lowest BCUT2D eigenvalue weighted by Crippen LogP contribution is -2.63. The Labute approximate surface area is 289 Å². The number of benzene rings is 4. The Bertz CT molecular complexity index is 1840. The van der Waals surface area contributed by atoms with Crippen molar-refractivity contribution in [1.82, 2.24) is 10.2 Å². The topological polar surface area (TPSA) is 97.0 Å². The molecular formula is C37H33F6N3O5. The van der Waals surface area contributed by atoms with Gasteiger partial charge in [0.15, 0.2) is 0 Å². The lowest BCUT2D eigenvalue weighted by molar-refractivity contribution is -0.269. The molecule has 0 aliphatic carbocycles. The zero-order chi connectivity index (χ0) is 37.0. The first-order valence-electron chi connectivity index (χ1n) is 15.6. The van der Waals surface area contributed by atoms with Crippen molar-refractivity contribution >= 4 is 23.4 Å². The Kier molecular flexibility index (Phi) is 10.6. The van der Waals surface area contributed by atoms with Crippen LogP contribution in [0.25, 0.3) is 0 Å². The Morgan fingerprint density at radius 3 is 1.73 bits per heavy atom. The van der Waals surface area contributed by atoms with Gasteiger partial charge in [-0.1, -0.05) is 103 Å². The summed E-state index contributed by atoms with van der Waals surface area (Å²) in [7, 11) is 1.42. The van der Waals surface area contributed by atoms with E-state index in [9.17, 15) is 27.6 Å². The molecule has 3 amide bonds. The van der Waals surface area contributed by atoms with E-state index in [0.29, 0.717) is 17.6 Å². The molecule has 0 saturated heterocycles. The molecule has 0 bridgehead atoms. The lowest BCUT2D eigenvalue weighted by Gasteiger charge is -2.39. The number of fused-ring (bicyclic) bond motifs is 1. The largest absolute Gasteiger partial charge is 0.430 e. The maximum absolute atomic E-state index is 15.1. The van der Waals surface area contributed by atoms with E-state index in [1.165, 1.54) is 60.7 Å². The molecule has 0 spiro atoms. The number of hydrogen-bond donors (Lipinski definition) is 2. The average Bonchev–Trinajstić information content (AvgIpc) is 3.25. The predicted octanol–water partition coefficient (Wildman–Crippen LogP) is 6.39. The van der Waals surface area contributed by atoms with Crippen LogP contribution in [0.15, 0.2) is 115 Å². The summed E-state index contributed by atoms with van der Waals surface area (Å²) in [6.07, 6.45) is -10.8. The minimum absolute atomic E-state index is 0.0710. The quantitative estimate of drug-likeness (QED) is 0.185. The second-order valence-electron chi connectivity index (χ2n) is 11.8. The van der Waals surface area contributed by atoms with Crippen LogP contribution in [0.5, 0.6) is 0 Å². The molecule has 0 saturated carbocycles. The van der Waals surface area contributed by atoms with Gasteiger partial charge in [-0.2, -0.15) is 26.3 Å². The van der Waals surface area contributed by atoms with Crippen LogP contribution >= 0.6 is 0 Å². The second kappa shape index (κ2) is 14.6. The van der Waals surface area contributed by atoms with Crippen LogP contribution in [0.4, 0.5) is 32.0 Å². The Morgan fingerprint density at radius 2 is 1.22 bits per heavy atom. The molecule has 268 valence electrons. The van der Waals surface area contributed by atoms with Crippen molar-refractivity contribution in [3.05, 3.63) is 138 Å². The second-order valence-corrected chi connectivity index (χ2v) is 11.8. The minimum atomic E-state index is -5.38. The normalized spacial score (nSPS) is 17.9. The first kappa shape index (κ1) is 37.1. The van der Waals surface area contributed by atoms with E-state index in [1.54, 1.807) is 30.3 Å². The molecule has 14 heteroatoms. The predicted molar refractivity (Wildman–Crippen MR) is 174 cm³/mol. The Morgan fingerprint density at radius 1 is 0.745 bits per heavy atom. The number of carbonyl (C=O) groups is 3. The highest BCUT2D eigenvalue weighted by Gasteiger charge is 2.65. The molecule has 0 unspecified atom stereocenters. The Balaban J connectivity index is 1.66. The summed E-state index contributed by atoms with van der Waals surface area (Å²) in [6.45, 7) is -0.824. The molecule has 4 aromatic carbocycles. The zero-order valence-corrected chi connectivity index (χ0v) is 27.3. The number of imide groups is 1. The third kappa shape index (κ3) is 6.80. The van der Waals surface area contributed by atoms with Gasteiger partial charge in [-0.15, -0.1) is 0 Å². The highest BCUT2D eigenvalue weighted by atomic mass is 19.4. The maximum Gasteiger partial charge on any atom is 0.430 e. The van der Waals surface area contributed by atoms with Crippen LogP contribution in [0.1, 0.15) is 27.0 Å². The van der Waals surface area contributed by atoms with Gasteiger partial charge < -0.3 is 20.1 Å². The summed E-state index contributed by atoms with van der Waals surface area (Å²) in [6, 6.07) is 23.5. The fourth-order valence-electron chi connectivity index (χ4n) is 6.32. The molecule has 4 atom stereocenters. The van der Waals surface area contributed by atoms with Crippen molar-refractivity contribution < 1.29 is 50.2 Å². The smallest absolute Gasteiger partial charge is 0.378 e. The highest BCUT2D eigenvalue weighted by Crippen LogP contribution is 2.45. The maximum atomic E-state index is 15.1. The van der Waals surface area contributed by atoms with Crippen molar-refractivity contribution in [2.24, 2.45) is 0 Å². The number of ether oxygens (including phenoxy) is 2. The third-order valence-electron chi connectivity index (χ3n) is 8.86. The van der Waals surface area contributed by atoms with Gasteiger partial charge in [-0.3, -0.25) is 19.3 Å². The zero-order valence-electron chi connectivity index (χ0n) is 27.3. The van der Waals surface area contributed by atoms with Gasteiger partial charge in [-0.05, 0) is 24.1 Å². The number of anilines is 1. The van der Waals surface area contributed by atoms with Gasteiger partial charge in [0.2, 0.25) is 0 Å². The first-order chi connectivity index (χ1) is 24.2. The van der Waals surface area contributed by atoms with Crippen LogP contribution in [0, 0.1) is 0 Å². The van der Waals surface area contributed by atoms with Gasteiger partial charge in [0.25, 0.3) is 28.9 Å². The molecule has 2 N–H and O–H groups in total. The van der Waals surface area contributed by atoms with Crippen LogP contribution in [0.2, 0.25) is 0 Å². The molecule has 0 fully saturated rings. The number of halogens is 6. The minimum Gasteiger partial charge on any atom is -0.378 e. The van der Waals surface area contributed by atoms with Crippen molar-refractivity contribution in [3.63, 3.8) is 0 Å². The number of hydrogen-bond acceptors (Lipinski definition) is 6. The van der Waals surface area contributed by atoms with Crippen LogP contribution < -0.4 is 10.6 Å². The molecular weight excluding hydrogens is 680 g/mol. The molecule has 5 rings (SSSR count). The van der Waals surface area contributed by atoms with E-state index < -0.39 is 71.0 Å². The fourth-order valence-corrected chi connectivity index (χ4v) is 6.32. The van der Waals surface area contributed by atoms with Crippen molar-refractivity contribution in [2.45, 2.75) is 42.1 Å². The molecule has 8 nitrogen and oxygen atoms in total. The Hall–Kier alpha value is -5.21. The number of alkyl halides is 6. The molecule has 1 heterocycles. The number of amides is 3. The van der Waals surface area contributed by atoms with Gasteiger partial charge in [0.1, 0.15) is 0 Å². The molecule has 1 aliphatic rings. The summed E-state index contributed by atoms with van der Waals surface area (Å²) >= 11 is 0. The van der Waals surface area contributed by atoms with Crippen LogP contribution in [-0.4, -0.2) is 67.8 Å². The van der Waals surface area contributed by atoms with Crippen molar-refractivity contribution in [1.29, 1.82) is 0 Å². The number of carbonyl (C=O) groups excluding carboxylic acids is 3. The molecule has 0 aromatic heterocycles.